The molecule has 1 N–H and O–H groups in total. The van der Waals surface area contributed by atoms with Crippen molar-refractivity contribution < 1.29 is 14.3 Å². The fourth-order valence-corrected chi connectivity index (χ4v) is 6.68. The van der Waals surface area contributed by atoms with Crippen LogP contribution in [0.3, 0.4) is 0 Å². The van der Waals surface area contributed by atoms with Gasteiger partial charge in [0.05, 0.1) is 12.6 Å². The predicted molar refractivity (Wildman–Crippen MR) is 111 cm³/mol. The molecule has 0 saturated heterocycles. The van der Waals surface area contributed by atoms with Crippen LogP contribution < -0.4 is 5.32 Å². The van der Waals surface area contributed by atoms with Crippen LogP contribution in [0.5, 0.6) is 0 Å². The minimum atomic E-state index is -0.705. The fourth-order valence-electron chi connectivity index (χ4n) is 6.68. The third-order valence-electron chi connectivity index (χ3n) is 7.46. The molecular weight excluding hydrogens is 364 g/mol. The van der Waals surface area contributed by atoms with Crippen molar-refractivity contribution >= 4 is 22.8 Å². The van der Waals surface area contributed by atoms with Gasteiger partial charge in [0.1, 0.15) is 11.7 Å². The van der Waals surface area contributed by atoms with E-state index in [1.807, 2.05) is 18.2 Å². The van der Waals surface area contributed by atoms with Crippen molar-refractivity contribution in [3.8, 4) is 0 Å². The zero-order valence-electron chi connectivity index (χ0n) is 17.1. The van der Waals surface area contributed by atoms with Gasteiger partial charge in [-0.2, -0.15) is 0 Å². The molecule has 4 aliphatic carbocycles. The molecule has 5 heteroatoms. The Morgan fingerprint density at radius 2 is 1.72 bits per heavy atom. The molecule has 1 heterocycles. The van der Waals surface area contributed by atoms with Crippen molar-refractivity contribution in [3.05, 3.63) is 41.6 Å². The molecule has 4 fully saturated rings. The molecule has 4 saturated carbocycles. The Hall–Kier alpha value is -2.43. The number of nitrogens with one attached hydrogen (secondary N) is 1. The number of carbonyl (C=O) groups is 2. The van der Waals surface area contributed by atoms with Crippen LogP contribution >= 0.6 is 0 Å². The van der Waals surface area contributed by atoms with Crippen LogP contribution in [0.15, 0.2) is 30.3 Å². The highest BCUT2D eigenvalue weighted by Gasteiger charge is 2.52. The first kappa shape index (κ1) is 18.6. The molecule has 4 bridgehead atoms. The molecule has 0 radical (unpaired) electrons. The number of nitrogens with zero attached hydrogens (tertiary/aromatic N) is 1. The average Bonchev–Trinajstić information content (AvgIpc) is 2.71. The van der Waals surface area contributed by atoms with Crippen LogP contribution in [0.2, 0.25) is 0 Å². The summed E-state index contributed by atoms with van der Waals surface area (Å²) in [5.41, 5.74) is 2.71. The van der Waals surface area contributed by atoms with Gasteiger partial charge in [0.2, 0.25) is 0 Å². The van der Waals surface area contributed by atoms with Gasteiger partial charge in [0, 0.05) is 5.39 Å². The lowest BCUT2D eigenvalue weighted by atomic mass is 9.48. The normalized spacial score (nSPS) is 30.9. The second-order valence-electron chi connectivity index (χ2n) is 9.49. The van der Waals surface area contributed by atoms with Gasteiger partial charge in [-0.3, -0.25) is 4.79 Å². The van der Waals surface area contributed by atoms with Crippen LogP contribution in [0.1, 0.15) is 61.5 Å². The molecule has 29 heavy (non-hydrogen) atoms. The van der Waals surface area contributed by atoms with Crippen molar-refractivity contribution in [1.29, 1.82) is 0 Å². The molecule has 6 rings (SSSR count). The number of aromatic nitrogens is 1. The molecule has 1 atom stereocenters. The van der Waals surface area contributed by atoms with Gasteiger partial charge in [-0.1, -0.05) is 18.2 Å². The molecule has 1 aromatic heterocycles. The Balaban J connectivity index is 1.57. The third-order valence-corrected chi connectivity index (χ3v) is 7.46. The number of para-hydroxylation sites is 1. The topological polar surface area (TPSA) is 68.3 Å². The van der Waals surface area contributed by atoms with E-state index in [4.69, 9.17) is 4.74 Å². The minimum absolute atomic E-state index is 0.167. The number of pyridine rings is 1. The zero-order valence-corrected chi connectivity index (χ0v) is 17.1. The summed E-state index contributed by atoms with van der Waals surface area (Å²) < 4.78 is 4.73. The number of ether oxygens (including phenoxy) is 1. The van der Waals surface area contributed by atoms with E-state index in [9.17, 15) is 9.59 Å². The van der Waals surface area contributed by atoms with Gasteiger partial charge in [-0.25, -0.2) is 9.78 Å². The van der Waals surface area contributed by atoms with Gasteiger partial charge in [-0.05, 0) is 86.3 Å². The lowest BCUT2D eigenvalue weighted by Crippen LogP contribution is -2.48. The average molecular weight is 392 g/mol. The Morgan fingerprint density at radius 1 is 1.10 bits per heavy atom. The Kier molecular flexibility index (Phi) is 4.37. The molecule has 0 spiro atoms. The highest BCUT2D eigenvalue weighted by molar-refractivity contribution is 5.98. The summed E-state index contributed by atoms with van der Waals surface area (Å²) in [4.78, 5) is 29.3. The van der Waals surface area contributed by atoms with E-state index in [2.05, 4.69) is 22.4 Å². The highest BCUT2D eigenvalue weighted by atomic mass is 16.5. The van der Waals surface area contributed by atoms with E-state index >= 15 is 0 Å². The van der Waals surface area contributed by atoms with E-state index < -0.39 is 12.0 Å². The van der Waals surface area contributed by atoms with Gasteiger partial charge in [0.25, 0.3) is 5.91 Å². The molecule has 4 aliphatic rings. The monoisotopic (exact) mass is 392 g/mol. The zero-order chi connectivity index (χ0) is 20.2. The molecular formula is C24H28N2O3. The van der Waals surface area contributed by atoms with Crippen LogP contribution in [-0.2, 0) is 14.9 Å². The second-order valence-corrected chi connectivity index (χ2v) is 9.49. The maximum absolute atomic E-state index is 12.9. The number of amides is 1. The quantitative estimate of drug-likeness (QED) is 0.799. The van der Waals surface area contributed by atoms with Crippen molar-refractivity contribution in [2.75, 3.05) is 7.11 Å². The van der Waals surface area contributed by atoms with Crippen molar-refractivity contribution in [1.82, 2.24) is 10.3 Å². The summed E-state index contributed by atoms with van der Waals surface area (Å²) in [5.74, 6) is 1.69. The van der Waals surface area contributed by atoms with E-state index in [1.54, 1.807) is 6.92 Å². The van der Waals surface area contributed by atoms with Crippen molar-refractivity contribution in [2.24, 2.45) is 17.8 Å². The SMILES string of the molecule is COC(=O)[C@H](C)NC(=O)c1cc(C23CC4CC(CC(C4)C2)C3)c2ccccc2n1. The number of carbonyl (C=O) groups excluding carboxylic acids is 2. The molecule has 2 aromatic rings. The maximum Gasteiger partial charge on any atom is 0.328 e. The fraction of sp³-hybridized carbons (Fsp3) is 0.542. The van der Waals surface area contributed by atoms with E-state index in [-0.39, 0.29) is 11.3 Å². The summed E-state index contributed by atoms with van der Waals surface area (Å²) in [6.07, 6.45) is 7.83. The minimum Gasteiger partial charge on any atom is -0.467 e. The predicted octanol–water partition coefficient (Wildman–Crippen LogP) is 3.99. The van der Waals surface area contributed by atoms with Crippen LogP contribution in [0.25, 0.3) is 10.9 Å². The van der Waals surface area contributed by atoms with Crippen LogP contribution in [0, 0.1) is 17.8 Å². The molecule has 0 aliphatic heterocycles. The van der Waals surface area contributed by atoms with Gasteiger partial charge in [-0.15, -0.1) is 0 Å². The standard InChI is InChI=1S/C24H28N2O3/c1-14(23(28)29-2)25-22(27)21-10-19(18-5-3-4-6-20(18)26-21)24-11-15-7-16(12-24)9-17(8-15)13-24/h3-6,10,14-17H,7-9,11-13H2,1-2H3,(H,25,27)/t14-,15?,16?,17?,24?/m0/s1. The summed E-state index contributed by atoms with van der Waals surface area (Å²) in [7, 11) is 1.32. The first-order chi connectivity index (χ1) is 14.0. The van der Waals surface area contributed by atoms with Crippen LogP contribution in [-0.4, -0.2) is 30.0 Å². The van der Waals surface area contributed by atoms with E-state index in [0.717, 1.165) is 23.3 Å². The molecule has 0 unspecified atom stereocenters. The van der Waals surface area contributed by atoms with Gasteiger partial charge in [0.15, 0.2) is 0 Å². The van der Waals surface area contributed by atoms with Crippen LogP contribution in [0.4, 0.5) is 0 Å². The number of benzene rings is 1. The Bertz CT molecular complexity index is 948. The largest absolute Gasteiger partial charge is 0.467 e. The smallest absolute Gasteiger partial charge is 0.328 e. The first-order valence-corrected chi connectivity index (χ1v) is 10.8. The van der Waals surface area contributed by atoms with E-state index in [0.29, 0.717) is 5.69 Å². The lowest BCUT2D eigenvalue weighted by Gasteiger charge is -2.57. The van der Waals surface area contributed by atoms with Gasteiger partial charge >= 0.3 is 5.97 Å². The summed E-state index contributed by atoms with van der Waals surface area (Å²) in [6, 6.07) is 9.47. The van der Waals surface area contributed by atoms with Crippen molar-refractivity contribution in [2.45, 2.75) is 56.9 Å². The third kappa shape index (κ3) is 3.11. The maximum atomic E-state index is 12.9. The molecule has 152 valence electrons. The van der Waals surface area contributed by atoms with Crippen molar-refractivity contribution in [3.63, 3.8) is 0 Å². The lowest BCUT2D eigenvalue weighted by molar-refractivity contribution is -0.142. The molecule has 1 amide bonds. The van der Waals surface area contributed by atoms with Gasteiger partial charge < -0.3 is 10.1 Å². The number of esters is 1. The number of rotatable bonds is 4. The number of hydrogen-bond acceptors (Lipinski definition) is 4. The second kappa shape index (κ2) is 6.82. The highest BCUT2D eigenvalue weighted by Crippen LogP contribution is 2.61. The number of methoxy groups -OCH3 is 1. The van der Waals surface area contributed by atoms with E-state index in [1.165, 1.54) is 56.6 Å². The Morgan fingerprint density at radius 3 is 2.34 bits per heavy atom. The molecule has 1 aromatic carbocycles. The summed E-state index contributed by atoms with van der Waals surface area (Å²) in [6.45, 7) is 1.63. The summed E-state index contributed by atoms with van der Waals surface area (Å²) >= 11 is 0. The molecule has 5 nitrogen and oxygen atoms in total. The number of fused-ring (bicyclic) bond motifs is 1. The Labute approximate surface area is 171 Å². The first-order valence-electron chi connectivity index (χ1n) is 10.8. The number of hydrogen-bond donors (Lipinski definition) is 1. The summed E-state index contributed by atoms with van der Waals surface area (Å²) in [5, 5.41) is 3.91.